The second-order valence-corrected chi connectivity index (χ2v) is 5.59. The molecule has 0 aliphatic rings. The first kappa shape index (κ1) is 15.4. The second kappa shape index (κ2) is 6.05. The topological polar surface area (TPSA) is 85.7 Å². The van der Waals surface area contributed by atoms with Crippen LogP contribution in [0.2, 0.25) is 6.32 Å². The average molecular weight is 332 g/mol. The first-order valence-corrected chi connectivity index (χ1v) is 7.95. The molecule has 25 heavy (non-hydrogen) atoms. The molecule has 0 saturated carbocycles. The Bertz CT molecular complexity index is 1130. The summed E-state index contributed by atoms with van der Waals surface area (Å²) in [6.07, 6.45) is 4.12. The van der Waals surface area contributed by atoms with Gasteiger partial charge in [0, 0.05) is 11.6 Å². The first-order valence-electron chi connectivity index (χ1n) is 7.95. The molecule has 0 amide bonds. The highest BCUT2D eigenvalue weighted by Crippen LogP contribution is 2.25. The number of pyridine rings is 1. The minimum absolute atomic E-state index is 0.236. The summed E-state index contributed by atoms with van der Waals surface area (Å²) < 4.78 is 6.99. The van der Waals surface area contributed by atoms with Crippen molar-refractivity contribution in [2.24, 2.45) is 0 Å². The fourth-order valence-corrected chi connectivity index (χ4v) is 3.01. The number of H-pyrrole nitrogens is 1. The van der Waals surface area contributed by atoms with Gasteiger partial charge in [-0.1, -0.05) is 18.7 Å². The number of hydrogen-bond acceptors (Lipinski definition) is 5. The number of benzene rings is 1. The van der Waals surface area contributed by atoms with E-state index in [0.29, 0.717) is 22.6 Å². The Balaban J connectivity index is 2.03. The molecule has 1 radical (unpaired) electrons. The number of rotatable bonds is 4. The summed E-state index contributed by atoms with van der Waals surface area (Å²) >= 11 is 0. The third kappa shape index (κ3) is 2.46. The average Bonchev–Trinajstić information content (AvgIpc) is 2.98. The maximum Gasteiger partial charge on any atom is 0.332 e. The molecule has 0 unspecified atom stereocenters. The zero-order valence-corrected chi connectivity index (χ0v) is 13.9. The highest BCUT2D eigenvalue weighted by molar-refractivity contribution is 6.56. The number of imidazole rings is 1. The van der Waals surface area contributed by atoms with Gasteiger partial charge in [-0.25, -0.2) is 9.78 Å². The first-order chi connectivity index (χ1) is 12.2. The van der Waals surface area contributed by atoms with Gasteiger partial charge in [0.05, 0.1) is 30.0 Å². The number of fused-ring (bicyclic) bond motifs is 2. The number of nitrogens with one attached hydrogen (secondary N) is 1. The highest BCUT2D eigenvalue weighted by Gasteiger charge is 2.15. The summed E-state index contributed by atoms with van der Waals surface area (Å²) in [7, 11) is 3.65. The van der Waals surface area contributed by atoms with Crippen molar-refractivity contribution in [2.75, 3.05) is 7.11 Å². The zero-order chi connectivity index (χ0) is 17.4. The van der Waals surface area contributed by atoms with Crippen molar-refractivity contribution in [1.29, 1.82) is 0 Å². The molecule has 0 aliphatic heterocycles. The molecule has 123 valence electrons. The summed E-state index contributed by atoms with van der Waals surface area (Å²) in [5, 5.41) is 8.81. The van der Waals surface area contributed by atoms with E-state index in [1.165, 1.54) is 0 Å². The van der Waals surface area contributed by atoms with Crippen LogP contribution in [-0.2, 0) is 0 Å². The number of aromatic amines is 1. The molecule has 0 bridgehead atoms. The third-order valence-corrected chi connectivity index (χ3v) is 4.10. The quantitative estimate of drug-likeness (QED) is 0.572. The van der Waals surface area contributed by atoms with E-state index >= 15 is 0 Å². The molecule has 0 atom stereocenters. The van der Waals surface area contributed by atoms with Crippen molar-refractivity contribution in [1.82, 2.24) is 24.7 Å². The predicted molar refractivity (Wildman–Crippen MR) is 97.2 cm³/mol. The van der Waals surface area contributed by atoms with E-state index in [1.807, 2.05) is 24.3 Å². The molecule has 0 saturated heterocycles. The van der Waals surface area contributed by atoms with Crippen LogP contribution in [-0.4, -0.2) is 39.1 Å². The minimum Gasteiger partial charge on any atom is -0.494 e. The third-order valence-electron chi connectivity index (χ3n) is 4.10. The fraction of sp³-hybridized carbons (Fsp3) is 0.176. The lowest BCUT2D eigenvalue weighted by Crippen LogP contribution is -2.21. The van der Waals surface area contributed by atoms with E-state index in [2.05, 4.69) is 34.4 Å². The summed E-state index contributed by atoms with van der Waals surface area (Å²) in [5.41, 5.74) is 3.47. The van der Waals surface area contributed by atoms with Gasteiger partial charge in [-0.3, -0.25) is 9.55 Å². The zero-order valence-electron chi connectivity index (χ0n) is 13.9. The van der Waals surface area contributed by atoms with E-state index in [9.17, 15) is 4.79 Å². The van der Waals surface area contributed by atoms with Crippen LogP contribution in [0, 0.1) is 0 Å². The Kier molecular flexibility index (Phi) is 3.72. The van der Waals surface area contributed by atoms with E-state index < -0.39 is 0 Å². The fourth-order valence-electron chi connectivity index (χ4n) is 3.01. The molecule has 4 rings (SSSR count). The van der Waals surface area contributed by atoms with Crippen LogP contribution in [0.3, 0.4) is 0 Å². The van der Waals surface area contributed by atoms with E-state index in [0.717, 1.165) is 22.7 Å². The maximum atomic E-state index is 12.6. The summed E-state index contributed by atoms with van der Waals surface area (Å²) in [5.74, 6) is 0.609. The van der Waals surface area contributed by atoms with Crippen molar-refractivity contribution < 1.29 is 4.74 Å². The molecule has 3 aromatic heterocycles. The second-order valence-electron chi connectivity index (χ2n) is 5.59. The van der Waals surface area contributed by atoms with Crippen LogP contribution in [0.4, 0.5) is 0 Å². The van der Waals surface area contributed by atoms with Gasteiger partial charge < -0.3 is 4.74 Å². The van der Waals surface area contributed by atoms with E-state index in [4.69, 9.17) is 4.74 Å². The lowest BCUT2D eigenvalue weighted by molar-refractivity contribution is 0.417. The molecular weight excluding hydrogens is 317 g/mol. The Morgan fingerprint density at radius 1 is 1.32 bits per heavy atom. The van der Waals surface area contributed by atoms with Crippen molar-refractivity contribution in [3.63, 3.8) is 0 Å². The molecule has 1 aromatic carbocycles. The lowest BCUT2D eigenvalue weighted by Gasteiger charge is -2.09. The van der Waals surface area contributed by atoms with Crippen LogP contribution in [0.1, 0.15) is 6.92 Å². The van der Waals surface area contributed by atoms with Gasteiger partial charge in [0.15, 0.2) is 12.9 Å². The van der Waals surface area contributed by atoms with Gasteiger partial charge in [-0.05, 0) is 24.3 Å². The number of methoxy groups -OCH3 is 1. The van der Waals surface area contributed by atoms with Crippen molar-refractivity contribution in [2.45, 2.75) is 13.2 Å². The molecule has 0 aliphatic carbocycles. The number of aromatic nitrogens is 5. The van der Waals surface area contributed by atoms with E-state index in [1.54, 1.807) is 24.1 Å². The summed E-state index contributed by atoms with van der Waals surface area (Å²) in [6, 6.07) is 7.45. The Morgan fingerprint density at radius 2 is 2.20 bits per heavy atom. The molecule has 1 N–H and O–H groups in total. The molecule has 3 heterocycles. The number of hydrogen-bond donors (Lipinski definition) is 1. The number of ether oxygens (including phenoxy) is 1. The molecule has 4 aromatic rings. The maximum absolute atomic E-state index is 12.6. The van der Waals surface area contributed by atoms with Gasteiger partial charge in [0.1, 0.15) is 5.75 Å². The van der Waals surface area contributed by atoms with Gasteiger partial charge in [-0.2, -0.15) is 10.2 Å². The summed E-state index contributed by atoms with van der Waals surface area (Å²) in [4.78, 5) is 19.7. The van der Waals surface area contributed by atoms with Crippen LogP contribution in [0.15, 0.2) is 41.5 Å². The Labute approximate surface area is 143 Å². The standard InChI is InChI=1S/C17H15BN5O2/c1-3-18-12-6-7-19-16-15(12)23(17(24)21-16)10-4-5-13-11(8-10)14(25-2)9-20-22-13/h4-9H,3H2,1-2H3,(H,19,21,24). The lowest BCUT2D eigenvalue weighted by atomic mass is 9.68. The minimum atomic E-state index is -0.236. The Hall–Kier alpha value is -3.16. The van der Waals surface area contributed by atoms with Gasteiger partial charge in [0.25, 0.3) is 0 Å². The van der Waals surface area contributed by atoms with E-state index in [-0.39, 0.29) is 5.69 Å². The van der Waals surface area contributed by atoms with Gasteiger partial charge in [-0.15, -0.1) is 0 Å². The summed E-state index contributed by atoms with van der Waals surface area (Å²) in [6.45, 7) is 2.06. The molecule has 0 spiro atoms. The monoisotopic (exact) mass is 332 g/mol. The largest absolute Gasteiger partial charge is 0.494 e. The van der Waals surface area contributed by atoms with Crippen LogP contribution in [0.25, 0.3) is 27.8 Å². The van der Waals surface area contributed by atoms with Crippen molar-refractivity contribution in [3.05, 3.63) is 47.1 Å². The molecular formula is C17H15BN5O2. The van der Waals surface area contributed by atoms with Gasteiger partial charge in [0.2, 0.25) is 0 Å². The predicted octanol–water partition coefficient (Wildman–Crippen LogP) is 1.43. The van der Waals surface area contributed by atoms with Crippen molar-refractivity contribution >= 4 is 34.8 Å². The SMILES string of the molecule is CC[B]c1ccnc2[nH]c(=O)n(-c3ccc4nncc(OC)c4c3)c12. The smallest absolute Gasteiger partial charge is 0.332 e. The van der Waals surface area contributed by atoms with Crippen LogP contribution >= 0.6 is 0 Å². The van der Waals surface area contributed by atoms with Crippen molar-refractivity contribution in [3.8, 4) is 11.4 Å². The number of nitrogens with zero attached hydrogens (tertiary/aromatic N) is 4. The highest BCUT2D eigenvalue weighted by atomic mass is 16.5. The van der Waals surface area contributed by atoms with Crippen LogP contribution < -0.4 is 15.9 Å². The van der Waals surface area contributed by atoms with Crippen LogP contribution in [0.5, 0.6) is 5.75 Å². The van der Waals surface area contributed by atoms with Gasteiger partial charge >= 0.3 is 5.69 Å². The Morgan fingerprint density at radius 3 is 3.00 bits per heavy atom. The molecule has 0 fully saturated rings. The molecule has 8 heteroatoms. The molecule has 7 nitrogen and oxygen atoms in total. The normalized spacial score (nSPS) is 11.1.